The number of benzene rings is 2. The van der Waals surface area contributed by atoms with E-state index in [2.05, 4.69) is 12.1 Å². The van der Waals surface area contributed by atoms with E-state index in [1.54, 1.807) is 11.9 Å². The summed E-state index contributed by atoms with van der Waals surface area (Å²) in [6.45, 7) is 0. The fourth-order valence-electron chi connectivity index (χ4n) is 3.25. The molecule has 1 aliphatic rings. The molecule has 124 valence electrons. The minimum Gasteiger partial charge on any atom is -0.335 e. The summed E-state index contributed by atoms with van der Waals surface area (Å²) in [5.41, 5.74) is 2.59. The van der Waals surface area contributed by atoms with Crippen molar-refractivity contribution in [3.8, 4) is 0 Å². The SMILES string of the molecule is CN(C(=O)c1ccc([N+](=O)[O-])cc1Cl)C1CCCc2ccccc21. The minimum atomic E-state index is -0.527. The first-order chi connectivity index (χ1) is 11.5. The van der Waals surface area contributed by atoms with E-state index in [4.69, 9.17) is 11.6 Å². The molecule has 0 spiro atoms. The maximum atomic E-state index is 12.8. The summed E-state index contributed by atoms with van der Waals surface area (Å²) in [5.74, 6) is -0.225. The molecule has 0 bridgehead atoms. The van der Waals surface area contributed by atoms with E-state index in [9.17, 15) is 14.9 Å². The quantitative estimate of drug-likeness (QED) is 0.612. The average Bonchev–Trinajstić information content (AvgIpc) is 2.60. The Morgan fingerprint density at radius 2 is 2.04 bits per heavy atom. The second kappa shape index (κ2) is 6.61. The molecular weight excluding hydrogens is 328 g/mol. The monoisotopic (exact) mass is 344 g/mol. The van der Waals surface area contributed by atoms with Crippen LogP contribution in [0.4, 0.5) is 5.69 Å². The lowest BCUT2D eigenvalue weighted by molar-refractivity contribution is -0.384. The third-order valence-corrected chi connectivity index (χ3v) is 4.83. The molecule has 0 heterocycles. The van der Waals surface area contributed by atoms with Crippen LogP contribution in [0.3, 0.4) is 0 Å². The first-order valence-electron chi connectivity index (χ1n) is 7.78. The van der Waals surface area contributed by atoms with Crippen LogP contribution in [-0.2, 0) is 6.42 Å². The Kier molecular flexibility index (Phi) is 4.53. The van der Waals surface area contributed by atoms with Gasteiger partial charge in [-0.2, -0.15) is 0 Å². The van der Waals surface area contributed by atoms with Crippen LogP contribution in [0.25, 0.3) is 0 Å². The lowest BCUT2D eigenvalue weighted by Crippen LogP contribution is -2.33. The Hall–Kier alpha value is -2.40. The summed E-state index contributed by atoms with van der Waals surface area (Å²) < 4.78 is 0. The molecule has 5 nitrogen and oxygen atoms in total. The highest BCUT2D eigenvalue weighted by Crippen LogP contribution is 2.35. The third kappa shape index (κ3) is 2.99. The van der Waals surface area contributed by atoms with Gasteiger partial charge in [-0.05, 0) is 36.5 Å². The molecule has 3 rings (SSSR count). The average molecular weight is 345 g/mol. The number of rotatable bonds is 3. The molecule has 2 aromatic rings. The standard InChI is InChI=1S/C18H17ClN2O3/c1-20(17-8-4-6-12-5-2-3-7-14(12)17)18(22)15-10-9-13(21(23)24)11-16(15)19/h2-3,5,7,9-11,17H,4,6,8H2,1H3. The maximum absolute atomic E-state index is 12.8. The number of halogens is 1. The largest absolute Gasteiger partial charge is 0.335 e. The Morgan fingerprint density at radius 1 is 1.29 bits per heavy atom. The van der Waals surface area contributed by atoms with Gasteiger partial charge in [0.2, 0.25) is 0 Å². The van der Waals surface area contributed by atoms with Gasteiger partial charge in [-0.15, -0.1) is 0 Å². The molecule has 0 saturated heterocycles. The van der Waals surface area contributed by atoms with Crippen molar-refractivity contribution in [2.75, 3.05) is 7.05 Å². The number of hydrogen-bond donors (Lipinski definition) is 0. The van der Waals surface area contributed by atoms with E-state index < -0.39 is 4.92 Å². The summed E-state index contributed by atoms with van der Waals surface area (Å²) >= 11 is 6.10. The number of carbonyl (C=O) groups excluding carboxylic acids is 1. The highest BCUT2D eigenvalue weighted by Gasteiger charge is 2.28. The minimum absolute atomic E-state index is 0.00583. The van der Waals surface area contributed by atoms with Gasteiger partial charge in [-0.1, -0.05) is 35.9 Å². The van der Waals surface area contributed by atoms with E-state index >= 15 is 0 Å². The predicted octanol–water partition coefficient (Wildman–Crippen LogP) is 4.40. The summed E-state index contributed by atoms with van der Waals surface area (Å²) in [6.07, 6.45) is 2.93. The molecule has 1 aliphatic carbocycles. The molecule has 0 aliphatic heterocycles. The van der Waals surface area contributed by atoms with Crippen molar-refractivity contribution in [2.45, 2.75) is 25.3 Å². The first kappa shape index (κ1) is 16.5. The second-order valence-electron chi connectivity index (χ2n) is 5.94. The zero-order chi connectivity index (χ0) is 17.3. The van der Waals surface area contributed by atoms with Crippen molar-refractivity contribution >= 4 is 23.2 Å². The summed E-state index contributed by atoms with van der Waals surface area (Å²) in [5, 5.41) is 10.9. The number of non-ortho nitro benzene ring substituents is 1. The molecular formula is C18H17ClN2O3. The Bertz CT molecular complexity index is 807. The van der Waals surface area contributed by atoms with Gasteiger partial charge in [0.15, 0.2) is 0 Å². The summed E-state index contributed by atoms with van der Waals surface area (Å²) in [7, 11) is 1.76. The smallest absolute Gasteiger partial charge is 0.270 e. The topological polar surface area (TPSA) is 63.5 Å². The number of nitrogens with zero attached hydrogens (tertiary/aromatic N) is 2. The fourth-order valence-corrected chi connectivity index (χ4v) is 3.51. The van der Waals surface area contributed by atoms with Crippen LogP contribution in [0.5, 0.6) is 0 Å². The molecule has 1 atom stereocenters. The number of carbonyl (C=O) groups is 1. The maximum Gasteiger partial charge on any atom is 0.270 e. The number of nitro groups is 1. The van der Waals surface area contributed by atoms with Crippen LogP contribution in [0.1, 0.15) is 40.4 Å². The van der Waals surface area contributed by atoms with Crippen LogP contribution in [0.15, 0.2) is 42.5 Å². The van der Waals surface area contributed by atoms with Gasteiger partial charge in [-0.25, -0.2) is 0 Å². The van der Waals surface area contributed by atoms with Gasteiger partial charge in [0.05, 0.1) is 21.6 Å². The number of fused-ring (bicyclic) bond motifs is 1. The highest BCUT2D eigenvalue weighted by atomic mass is 35.5. The predicted molar refractivity (Wildman–Crippen MR) is 92.3 cm³/mol. The van der Waals surface area contributed by atoms with Gasteiger partial charge in [-0.3, -0.25) is 14.9 Å². The zero-order valence-electron chi connectivity index (χ0n) is 13.2. The van der Waals surface area contributed by atoms with E-state index in [0.29, 0.717) is 0 Å². The Balaban J connectivity index is 1.90. The van der Waals surface area contributed by atoms with Crippen molar-refractivity contribution < 1.29 is 9.72 Å². The molecule has 0 aromatic heterocycles. The van der Waals surface area contributed by atoms with Crippen molar-refractivity contribution in [1.29, 1.82) is 0 Å². The Morgan fingerprint density at radius 3 is 2.75 bits per heavy atom. The first-order valence-corrected chi connectivity index (χ1v) is 8.15. The van der Waals surface area contributed by atoms with Crippen LogP contribution < -0.4 is 0 Å². The number of nitro benzene ring substituents is 1. The zero-order valence-corrected chi connectivity index (χ0v) is 14.0. The molecule has 1 unspecified atom stereocenters. The van der Waals surface area contributed by atoms with Crippen molar-refractivity contribution in [1.82, 2.24) is 4.90 Å². The van der Waals surface area contributed by atoms with Crippen LogP contribution in [-0.4, -0.2) is 22.8 Å². The lowest BCUT2D eigenvalue weighted by atomic mass is 9.87. The van der Waals surface area contributed by atoms with E-state index in [1.807, 2.05) is 12.1 Å². The van der Waals surface area contributed by atoms with Crippen molar-refractivity contribution in [3.63, 3.8) is 0 Å². The number of amides is 1. The molecule has 2 aromatic carbocycles. The third-order valence-electron chi connectivity index (χ3n) is 4.52. The molecule has 0 saturated carbocycles. The van der Waals surface area contributed by atoms with Gasteiger partial charge >= 0.3 is 0 Å². The molecule has 1 amide bonds. The van der Waals surface area contributed by atoms with Crippen molar-refractivity contribution in [2.24, 2.45) is 0 Å². The lowest BCUT2D eigenvalue weighted by Gasteiger charge is -2.33. The van der Waals surface area contributed by atoms with Gasteiger partial charge < -0.3 is 4.90 Å². The van der Waals surface area contributed by atoms with Gasteiger partial charge in [0, 0.05) is 19.2 Å². The Labute approximate surface area is 145 Å². The molecule has 0 fully saturated rings. The van der Waals surface area contributed by atoms with E-state index in [0.717, 1.165) is 24.8 Å². The fraction of sp³-hybridized carbons (Fsp3) is 0.278. The number of aryl methyl sites for hydroxylation is 1. The second-order valence-corrected chi connectivity index (χ2v) is 6.35. The van der Waals surface area contributed by atoms with Gasteiger partial charge in [0.1, 0.15) is 0 Å². The van der Waals surface area contributed by atoms with Gasteiger partial charge in [0.25, 0.3) is 11.6 Å². The van der Waals surface area contributed by atoms with Crippen LogP contribution >= 0.6 is 11.6 Å². The summed E-state index contributed by atoms with van der Waals surface area (Å²) in [4.78, 5) is 24.8. The molecule has 0 N–H and O–H groups in total. The van der Waals surface area contributed by atoms with E-state index in [1.165, 1.54) is 23.8 Å². The summed E-state index contributed by atoms with van der Waals surface area (Å²) in [6, 6.07) is 12.1. The number of hydrogen-bond acceptors (Lipinski definition) is 3. The van der Waals surface area contributed by atoms with Crippen molar-refractivity contribution in [3.05, 3.63) is 74.3 Å². The normalized spacial score (nSPS) is 16.3. The molecule has 0 radical (unpaired) electrons. The van der Waals surface area contributed by atoms with Crippen LogP contribution in [0, 0.1) is 10.1 Å². The van der Waals surface area contributed by atoms with Crippen LogP contribution in [0.2, 0.25) is 5.02 Å². The molecule has 6 heteroatoms. The highest BCUT2D eigenvalue weighted by molar-refractivity contribution is 6.34. The van der Waals surface area contributed by atoms with E-state index in [-0.39, 0.29) is 28.2 Å². The molecule has 24 heavy (non-hydrogen) atoms.